The molecule has 12 heavy (non-hydrogen) atoms. The van der Waals surface area contributed by atoms with Crippen molar-refractivity contribution in [1.82, 2.24) is 0 Å². The lowest BCUT2D eigenvalue weighted by atomic mass is 9.98. The maximum atomic E-state index is 11.0. The van der Waals surface area contributed by atoms with Gasteiger partial charge in [-0.3, -0.25) is 9.59 Å². The molecule has 2 atom stereocenters. The molecule has 4 nitrogen and oxygen atoms in total. The van der Waals surface area contributed by atoms with E-state index in [-0.39, 0.29) is 5.92 Å². The van der Waals surface area contributed by atoms with Crippen LogP contribution in [0.4, 0.5) is 0 Å². The van der Waals surface area contributed by atoms with Crippen LogP contribution in [0.5, 0.6) is 0 Å². The van der Waals surface area contributed by atoms with Crippen molar-refractivity contribution in [2.75, 3.05) is 0 Å². The minimum atomic E-state index is -1.58. The molecule has 0 aliphatic carbocycles. The van der Waals surface area contributed by atoms with Crippen molar-refractivity contribution >= 4 is 11.6 Å². The fourth-order valence-corrected chi connectivity index (χ4v) is 0.719. The lowest BCUT2D eigenvalue weighted by Gasteiger charge is -2.15. The number of aliphatic hydroxyl groups is 2. The van der Waals surface area contributed by atoms with Gasteiger partial charge in [0.15, 0.2) is 11.6 Å². The molecule has 70 valence electrons. The van der Waals surface area contributed by atoms with Gasteiger partial charge in [-0.15, -0.1) is 0 Å². The molecule has 0 bridgehead atoms. The van der Waals surface area contributed by atoms with E-state index in [0.29, 0.717) is 0 Å². The third-order valence-electron chi connectivity index (χ3n) is 1.58. The molecule has 4 heteroatoms. The van der Waals surface area contributed by atoms with E-state index in [9.17, 15) is 9.59 Å². The molecule has 0 aliphatic heterocycles. The molecule has 0 aromatic heterocycles. The van der Waals surface area contributed by atoms with E-state index < -0.39 is 23.8 Å². The zero-order chi connectivity index (χ0) is 9.89. The van der Waals surface area contributed by atoms with Crippen molar-refractivity contribution in [1.29, 1.82) is 0 Å². The summed E-state index contributed by atoms with van der Waals surface area (Å²) in [5, 5.41) is 18.1. The quantitative estimate of drug-likeness (QED) is 0.603. The average Bonchev–Trinajstić information content (AvgIpc) is 2.00. The molecule has 0 aromatic rings. The molecule has 0 amide bonds. The van der Waals surface area contributed by atoms with E-state index in [1.807, 2.05) is 0 Å². The van der Waals surface area contributed by atoms with Crippen LogP contribution in [-0.2, 0) is 9.59 Å². The molecular formula is C8H14O4. The summed E-state index contributed by atoms with van der Waals surface area (Å²) in [5.41, 5.74) is 0. The Hall–Kier alpha value is -0.740. The Kier molecular flexibility index (Phi) is 4.06. The summed E-state index contributed by atoms with van der Waals surface area (Å²) in [6, 6.07) is 0. The van der Waals surface area contributed by atoms with Gasteiger partial charge in [0.05, 0.1) is 0 Å². The van der Waals surface area contributed by atoms with Gasteiger partial charge >= 0.3 is 0 Å². The second kappa shape index (κ2) is 4.33. The normalized spacial score (nSPS) is 15.8. The van der Waals surface area contributed by atoms with Gasteiger partial charge in [-0.05, 0) is 6.92 Å². The van der Waals surface area contributed by atoms with Gasteiger partial charge in [0, 0.05) is 5.92 Å². The highest BCUT2D eigenvalue weighted by atomic mass is 16.3. The lowest BCUT2D eigenvalue weighted by molar-refractivity contribution is -0.144. The first-order valence-electron chi connectivity index (χ1n) is 3.78. The van der Waals surface area contributed by atoms with Crippen LogP contribution in [0.25, 0.3) is 0 Å². The third kappa shape index (κ3) is 2.71. The van der Waals surface area contributed by atoms with Gasteiger partial charge in [-0.1, -0.05) is 13.8 Å². The molecule has 2 N–H and O–H groups in total. The Labute approximate surface area is 71.2 Å². The first-order chi connectivity index (χ1) is 5.37. The molecule has 2 unspecified atom stereocenters. The minimum absolute atomic E-state index is 0.381. The van der Waals surface area contributed by atoms with Gasteiger partial charge in [0.25, 0.3) is 0 Å². The number of Topliss-reactive ketones (excluding diaryl/α,β-unsaturated/α-hetero) is 2. The fraction of sp³-hybridized carbons (Fsp3) is 0.750. The zero-order valence-corrected chi connectivity index (χ0v) is 7.44. The number of hydrogen-bond acceptors (Lipinski definition) is 4. The zero-order valence-electron chi connectivity index (χ0n) is 7.44. The van der Waals surface area contributed by atoms with Gasteiger partial charge in [-0.25, -0.2) is 0 Å². The number of carbonyl (C=O) groups is 2. The summed E-state index contributed by atoms with van der Waals surface area (Å²) in [4.78, 5) is 21.6. The minimum Gasteiger partial charge on any atom is -0.382 e. The predicted octanol–water partition coefficient (Wildman–Crippen LogP) is -0.478. The van der Waals surface area contributed by atoms with Crippen LogP contribution in [0.2, 0.25) is 0 Å². The molecule has 0 fully saturated rings. The molecule has 0 heterocycles. The van der Waals surface area contributed by atoms with E-state index in [4.69, 9.17) is 10.2 Å². The van der Waals surface area contributed by atoms with Crippen molar-refractivity contribution in [3.05, 3.63) is 0 Å². The van der Waals surface area contributed by atoms with Crippen LogP contribution >= 0.6 is 0 Å². The summed E-state index contributed by atoms with van der Waals surface area (Å²) >= 11 is 0. The maximum absolute atomic E-state index is 11.0. The van der Waals surface area contributed by atoms with Crippen LogP contribution in [-0.4, -0.2) is 34.0 Å². The average molecular weight is 174 g/mol. The highest BCUT2D eigenvalue weighted by molar-refractivity contribution is 5.92. The predicted molar refractivity (Wildman–Crippen MR) is 42.5 cm³/mol. The SMILES string of the molecule is CC(=O)C(O)C(O)C(=O)C(C)C. The van der Waals surface area contributed by atoms with E-state index in [0.717, 1.165) is 6.92 Å². The number of carbonyl (C=O) groups excluding carboxylic acids is 2. The largest absolute Gasteiger partial charge is 0.382 e. The number of rotatable bonds is 4. The Balaban J connectivity index is 4.29. The Bertz CT molecular complexity index is 185. The standard InChI is InChI=1S/C8H14O4/c1-4(2)6(10)8(12)7(11)5(3)9/h4,7-8,11-12H,1-3H3. The number of ketones is 2. The van der Waals surface area contributed by atoms with Crippen LogP contribution in [0.3, 0.4) is 0 Å². The van der Waals surface area contributed by atoms with Crippen molar-refractivity contribution in [2.24, 2.45) is 5.92 Å². The van der Waals surface area contributed by atoms with E-state index >= 15 is 0 Å². The second-order valence-corrected chi connectivity index (χ2v) is 3.06. The van der Waals surface area contributed by atoms with Crippen LogP contribution in [0.1, 0.15) is 20.8 Å². The third-order valence-corrected chi connectivity index (χ3v) is 1.58. The lowest BCUT2D eigenvalue weighted by Crippen LogP contribution is -2.40. The van der Waals surface area contributed by atoms with Crippen molar-refractivity contribution in [3.8, 4) is 0 Å². The highest BCUT2D eigenvalue weighted by Gasteiger charge is 2.28. The summed E-state index contributed by atoms with van der Waals surface area (Å²) < 4.78 is 0. The summed E-state index contributed by atoms with van der Waals surface area (Å²) in [5.74, 6) is -1.50. The van der Waals surface area contributed by atoms with Gasteiger partial charge in [0.2, 0.25) is 0 Å². The molecule has 0 aliphatic rings. The number of hydrogen-bond donors (Lipinski definition) is 2. The van der Waals surface area contributed by atoms with Crippen molar-refractivity contribution in [3.63, 3.8) is 0 Å². The smallest absolute Gasteiger partial charge is 0.166 e. The topological polar surface area (TPSA) is 74.6 Å². The Morgan fingerprint density at radius 1 is 1.08 bits per heavy atom. The maximum Gasteiger partial charge on any atom is 0.166 e. The Morgan fingerprint density at radius 2 is 1.50 bits per heavy atom. The van der Waals surface area contributed by atoms with Crippen LogP contribution in [0.15, 0.2) is 0 Å². The first-order valence-corrected chi connectivity index (χ1v) is 3.78. The molecular weight excluding hydrogens is 160 g/mol. The molecule has 0 saturated heterocycles. The van der Waals surface area contributed by atoms with Crippen LogP contribution < -0.4 is 0 Å². The summed E-state index contributed by atoms with van der Waals surface area (Å²) in [6.07, 6.45) is -3.16. The highest BCUT2D eigenvalue weighted by Crippen LogP contribution is 2.04. The monoisotopic (exact) mass is 174 g/mol. The van der Waals surface area contributed by atoms with Gasteiger partial charge < -0.3 is 10.2 Å². The van der Waals surface area contributed by atoms with Gasteiger partial charge in [0.1, 0.15) is 12.2 Å². The summed E-state index contributed by atoms with van der Waals surface area (Å²) in [7, 11) is 0. The molecule has 0 radical (unpaired) electrons. The fourth-order valence-electron chi connectivity index (χ4n) is 0.719. The van der Waals surface area contributed by atoms with Crippen molar-refractivity contribution in [2.45, 2.75) is 33.0 Å². The molecule has 0 saturated carbocycles. The van der Waals surface area contributed by atoms with E-state index in [1.54, 1.807) is 13.8 Å². The Morgan fingerprint density at radius 3 is 1.75 bits per heavy atom. The number of aliphatic hydroxyl groups excluding tert-OH is 2. The summed E-state index contributed by atoms with van der Waals surface area (Å²) in [6.45, 7) is 4.32. The first kappa shape index (κ1) is 11.3. The molecule has 0 rings (SSSR count). The van der Waals surface area contributed by atoms with Crippen molar-refractivity contribution < 1.29 is 19.8 Å². The molecule has 0 spiro atoms. The van der Waals surface area contributed by atoms with E-state index in [1.165, 1.54) is 0 Å². The van der Waals surface area contributed by atoms with Gasteiger partial charge in [-0.2, -0.15) is 0 Å². The van der Waals surface area contributed by atoms with E-state index in [2.05, 4.69) is 0 Å². The molecule has 0 aromatic carbocycles. The second-order valence-electron chi connectivity index (χ2n) is 3.06. The van der Waals surface area contributed by atoms with Crippen LogP contribution in [0, 0.1) is 5.92 Å².